The maximum Gasteiger partial charge on any atom is 0.244 e. The Morgan fingerprint density at radius 1 is 1.27 bits per heavy atom. The minimum atomic E-state index is -0.176. The Morgan fingerprint density at radius 3 is 2.91 bits per heavy atom. The standard InChI is InChI=1S/C17H18ClN3O/c18-14-6-1-2-8-16(14)21-10-4-7-15(17(21)22)20-12-13-5-3-9-19-11-13/h1-3,5-6,8-9,11,15,20H,4,7,10,12H2. The summed E-state index contributed by atoms with van der Waals surface area (Å²) in [6.45, 7) is 1.36. The summed E-state index contributed by atoms with van der Waals surface area (Å²) in [6.07, 6.45) is 5.36. The van der Waals surface area contributed by atoms with Crippen molar-refractivity contribution < 1.29 is 4.79 Å². The quantitative estimate of drug-likeness (QED) is 0.943. The lowest BCUT2D eigenvalue weighted by Gasteiger charge is -2.33. The van der Waals surface area contributed by atoms with Gasteiger partial charge in [-0.05, 0) is 36.6 Å². The Kier molecular flexibility index (Phi) is 4.71. The van der Waals surface area contributed by atoms with Crippen molar-refractivity contribution in [2.75, 3.05) is 11.4 Å². The van der Waals surface area contributed by atoms with E-state index >= 15 is 0 Å². The summed E-state index contributed by atoms with van der Waals surface area (Å²) in [7, 11) is 0. The predicted molar refractivity (Wildman–Crippen MR) is 87.9 cm³/mol. The molecule has 1 saturated heterocycles. The zero-order valence-corrected chi connectivity index (χ0v) is 13.0. The van der Waals surface area contributed by atoms with Crippen LogP contribution < -0.4 is 10.2 Å². The highest BCUT2D eigenvalue weighted by Crippen LogP contribution is 2.28. The Balaban J connectivity index is 1.69. The first-order chi connectivity index (χ1) is 10.8. The molecule has 2 heterocycles. The maximum atomic E-state index is 12.7. The van der Waals surface area contributed by atoms with E-state index in [1.807, 2.05) is 42.6 Å². The normalized spacial score (nSPS) is 18.5. The van der Waals surface area contributed by atoms with Crippen molar-refractivity contribution in [3.63, 3.8) is 0 Å². The van der Waals surface area contributed by atoms with Gasteiger partial charge in [0.05, 0.1) is 16.8 Å². The van der Waals surface area contributed by atoms with E-state index in [0.29, 0.717) is 18.1 Å². The molecule has 0 aliphatic carbocycles. The Labute approximate surface area is 135 Å². The molecule has 1 aliphatic rings. The van der Waals surface area contributed by atoms with E-state index in [9.17, 15) is 4.79 Å². The van der Waals surface area contributed by atoms with Gasteiger partial charge in [0.15, 0.2) is 0 Å². The fourth-order valence-corrected chi connectivity index (χ4v) is 2.96. The van der Waals surface area contributed by atoms with Gasteiger partial charge >= 0.3 is 0 Å². The number of nitrogens with zero attached hydrogens (tertiary/aromatic N) is 2. The molecule has 1 atom stereocenters. The molecule has 5 heteroatoms. The summed E-state index contributed by atoms with van der Waals surface area (Å²) in [4.78, 5) is 18.6. The van der Waals surface area contributed by atoms with Gasteiger partial charge in [-0.1, -0.05) is 29.8 Å². The second-order valence-corrected chi connectivity index (χ2v) is 5.79. The number of halogens is 1. The molecule has 1 amide bonds. The van der Waals surface area contributed by atoms with Crippen LogP contribution in [0.5, 0.6) is 0 Å². The summed E-state index contributed by atoms with van der Waals surface area (Å²) in [5.41, 5.74) is 1.87. The van der Waals surface area contributed by atoms with Gasteiger partial charge in [0.25, 0.3) is 0 Å². The number of rotatable bonds is 4. The molecular weight excluding hydrogens is 298 g/mol. The van der Waals surface area contributed by atoms with Crippen molar-refractivity contribution in [1.82, 2.24) is 10.3 Å². The molecule has 0 saturated carbocycles. The molecule has 4 nitrogen and oxygen atoms in total. The van der Waals surface area contributed by atoms with E-state index in [1.54, 1.807) is 11.1 Å². The second-order valence-electron chi connectivity index (χ2n) is 5.38. The highest BCUT2D eigenvalue weighted by atomic mass is 35.5. The van der Waals surface area contributed by atoms with E-state index in [2.05, 4.69) is 10.3 Å². The van der Waals surface area contributed by atoms with Crippen molar-refractivity contribution in [2.24, 2.45) is 0 Å². The second kappa shape index (κ2) is 6.90. The van der Waals surface area contributed by atoms with Gasteiger partial charge < -0.3 is 10.2 Å². The van der Waals surface area contributed by atoms with E-state index in [4.69, 9.17) is 11.6 Å². The van der Waals surface area contributed by atoms with E-state index in [-0.39, 0.29) is 11.9 Å². The first-order valence-corrected chi connectivity index (χ1v) is 7.81. The molecule has 0 bridgehead atoms. The lowest BCUT2D eigenvalue weighted by Crippen LogP contribution is -2.50. The molecule has 3 rings (SSSR count). The van der Waals surface area contributed by atoms with Gasteiger partial charge in [-0.15, -0.1) is 0 Å². The highest BCUT2D eigenvalue weighted by Gasteiger charge is 2.30. The molecule has 2 aromatic rings. The largest absolute Gasteiger partial charge is 0.310 e. The van der Waals surface area contributed by atoms with Crippen LogP contribution in [0, 0.1) is 0 Å². The Bertz CT molecular complexity index is 647. The number of anilines is 1. The van der Waals surface area contributed by atoms with Crippen LogP contribution in [0.25, 0.3) is 0 Å². The monoisotopic (exact) mass is 315 g/mol. The molecule has 1 unspecified atom stereocenters. The first-order valence-electron chi connectivity index (χ1n) is 7.44. The number of aromatic nitrogens is 1. The van der Waals surface area contributed by atoms with Gasteiger partial charge in [-0.25, -0.2) is 0 Å². The summed E-state index contributed by atoms with van der Waals surface area (Å²) in [5, 5.41) is 3.95. The Morgan fingerprint density at radius 2 is 2.14 bits per heavy atom. The summed E-state index contributed by atoms with van der Waals surface area (Å²) >= 11 is 6.22. The third kappa shape index (κ3) is 3.29. The predicted octanol–water partition coefficient (Wildman–Crippen LogP) is 3.02. The maximum absolute atomic E-state index is 12.7. The molecule has 1 aromatic heterocycles. The fourth-order valence-electron chi connectivity index (χ4n) is 2.72. The molecule has 1 fully saturated rings. The van der Waals surface area contributed by atoms with Gasteiger partial charge in [0.2, 0.25) is 5.91 Å². The van der Waals surface area contributed by atoms with Crippen LogP contribution in [0.4, 0.5) is 5.69 Å². The molecule has 1 aliphatic heterocycles. The topological polar surface area (TPSA) is 45.2 Å². The number of carbonyl (C=O) groups is 1. The zero-order valence-electron chi connectivity index (χ0n) is 12.2. The lowest BCUT2D eigenvalue weighted by molar-refractivity contribution is -0.121. The fraction of sp³-hybridized carbons (Fsp3) is 0.294. The smallest absolute Gasteiger partial charge is 0.244 e. The SMILES string of the molecule is O=C1C(NCc2cccnc2)CCCN1c1ccccc1Cl. The van der Waals surface area contributed by atoms with Crippen molar-refractivity contribution in [3.05, 3.63) is 59.4 Å². The number of carbonyl (C=O) groups excluding carboxylic acids is 1. The van der Waals surface area contributed by atoms with Gasteiger partial charge in [-0.2, -0.15) is 0 Å². The highest BCUT2D eigenvalue weighted by molar-refractivity contribution is 6.33. The average molecular weight is 316 g/mol. The van der Waals surface area contributed by atoms with Crippen LogP contribution in [-0.2, 0) is 11.3 Å². The van der Waals surface area contributed by atoms with E-state index in [1.165, 1.54) is 0 Å². The van der Waals surface area contributed by atoms with E-state index in [0.717, 1.165) is 24.1 Å². The van der Waals surface area contributed by atoms with Crippen molar-refractivity contribution >= 4 is 23.2 Å². The average Bonchev–Trinajstić information content (AvgIpc) is 2.56. The van der Waals surface area contributed by atoms with E-state index < -0.39 is 0 Å². The summed E-state index contributed by atoms with van der Waals surface area (Å²) < 4.78 is 0. The third-order valence-corrected chi connectivity index (χ3v) is 4.18. The number of hydrogen-bond donors (Lipinski definition) is 1. The van der Waals surface area contributed by atoms with Gasteiger partial charge in [0, 0.05) is 25.5 Å². The van der Waals surface area contributed by atoms with Crippen LogP contribution in [0.2, 0.25) is 5.02 Å². The van der Waals surface area contributed by atoms with Gasteiger partial charge in [0.1, 0.15) is 0 Å². The molecule has 1 N–H and O–H groups in total. The molecular formula is C17H18ClN3O. The number of para-hydroxylation sites is 1. The van der Waals surface area contributed by atoms with Crippen LogP contribution in [-0.4, -0.2) is 23.5 Å². The summed E-state index contributed by atoms with van der Waals surface area (Å²) in [5.74, 6) is 0.0863. The number of piperidine rings is 1. The van der Waals surface area contributed by atoms with Crippen molar-refractivity contribution in [1.29, 1.82) is 0 Å². The molecule has 0 radical (unpaired) electrons. The molecule has 114 valence electrons. The van der Waals surface area contributed by atoms with Gasteiger partial charge in [-0.3, -0.25) is 9.78 Å². The number of benzene rings is 1. The third-order valence-electron chi connectivity index (χ3n) is 3.86. The van der Waals surface area contributed by atoms with Crippen molar-refractivity contribution in [3.8, 4) is 0 Å². The minimum absolute atomic E-state index is 0.0863. The number of pyridine rings is 1. The lowest BCUT2D eigenvalue weighted by atomic mass is 10.0. The molecule has 1 aromatic carbocycles. The van der Waals surface area contributed by atoms with Crippen LogP contribution >= 0.6 is 11.6 Å². The first kappa shape index (κ1) is 15.0. The number of amides is 1. The minimum Gasteiger partial charge on any atom is -0.310 e. The van der Waals surface area contributed by atoms with Crippen LogP contribution in [0.1, 0.15) is 18.4 Å². The number of nitrogens with one attached hydrogen (secondary N) is 1. The zero-order chi connectivity index (χ0) is 15.4. The molecule has 0 spiro atoms. The summed E-state index contributed by atoms with van der Waals surface area (Å²) in [6, 6.07) is 11.2. The molecule has 22 heavy (non-hydrogen) atoms. The number of hydrogen-bond acceptors (Lipinski definition) is 3. The Hall–Kier alpha value is -1.91. The van der Waals surface area contributed by atoms with Crippen LogP contribution in [0.3, 0.4) is 0 Å². The van der Waals surface area contributed by atoms with Crippen LogP contribution in [0.15, 0.2) is 48.8 Å². The van der Waals surface area contributed by atoms with Crippen molar-refractivity contribution in [2.45, 2.75) is 25.4 Å².